The monoisotopic (exact) mass is 410 g/mol. The number of carbonyl (C=O) groups is 2. The van der Waals surface area contributed by atoms with Crippen molar-refractivity contribution < 1.29 is 24.4 Å². The molecule has 1 aliphatic heterocycles. The molecule has 4 N–H and O–H groups in total. The Hall–Kier alpha value is -3.97. The highest BCUT2D eigenvalue weighted by molar-refractivity contribution is 6.01. The first-order valence-electron chi connectivity index (χ1n) is 8.85. The Morgan fingerprint density at radius 3 is 2.53 bits per heavy atom. The van der Waals surface area contributed by atoms with E-state index in [1.54, 1.807) is 18.2 Å². The molecule has 0 radical (unpaired) electrons. The first-order valence-corrected chi connectivity index (χ1v) is 8.85. The molecule has 2 amide bonds. The maximum atomic E-state index is 12.8. The molecule has 0 aromatic heterocycles. The van der Waals surface area contributed by atoms with Crippen molar-refractivity contribution in [3.05, 3.63) is 69.8 Å². The number of ether oxygens (including phenoxy) is 1. The lowest BCUT2D eigenvalue weighted by Crippen LogP contribution is -2.62. The number of amides is 2. The van der Waals surface area contributed by atoms with Crippen LogP contribution in [0.4, 0.5) is 5.69 Å². The molecule has 154 valence electrons. The summed E-state index contributed by atoms with van der Waals surface area (Å²) in [7, 11) is 1.26. The van der Waals surface area contributed by atoms with E-state index in [4.69, 9.17) is 10.5 Å². The van der Waals surface area contributed by atoms with Gasteiger partial charge >= 0.3 is 5.69 Å². The van der Waals surface area contributed by atoms with Crippen LogP contribution < -0.4 is 15.8 Å². The summed E-state index contributed by atoms with van der Waals surface area (Å²) in [5.74, 6) is -6.08. The molecule has 0 aliphatic carbocycles. The van der Waals surface area contributed by atoms with Gasteiger partial charge in [0.25, 0.3) is 0 Å². The second-order valence-electron chi connectivity index (χ2n) is 6.82. The zero-order valence-electron chi connectivity index (χ0n) is 15.8. The van der Waals surface area contributed by atoms with Crippen molar-refractivity contribution in [2.45, 2.75) is 11.6 Å². The average Bonchev–Trinajstić information content (AvgIpc) is 2.73. The fourth-order valence-electron chi connectivity index (χ4n) is 3.82. The number of nitrogens with one attached hydrogen (secondary N) is 1. The third kappa shape index (κ3) is 3.31. The van der Waals surface area contributed by atoms with Crippen molar-refractivity contribution in [3.8, 4) is 11.8 Å². The highest BCUT2D eigenvalue weighted by atomic mass is 16.6. The molecular weight excluding hydrogens is 392 g/mol. The number of aliphatic hydroxyl groups is 1. The maximum absolute atomic E-state index is 12.8. The molecule has 0 spiro atoms. The number of nitrogens with zero attached hydrogens (tertiary/aromatic N) is 2. The highest BCUT2D eigenvalue weighted by Gasteiger charge is 2.56. The van der Waals surface area contributed by atoms with Crippen molar-refractivity contribution >= 4 is 17.5 Å². The summed E-state index contributed by atoms with van der Waals surface area (Å²) in [5.41, 5.74) is 3.23. The van der Waals surface area contributed by atoms with Crippen LogP contribution >= 0.6 is 0 Å². The Morgan fingerprint density at radius 1 is 1.33 bits per heavy atom. The van der Waals surface area contributed by atoms with Gasteiger partial charge in [0.2, 0.25) is 11.8 Å². The van der Waals surface area contributed by atoms with Crippen LogP contribution in [0.2, 0.25) is 0 Å². The van der Waals surface area contributed by atoms with Crippen LogP contribution in [-0.2, 0) is 15.3 Å². The van der Waals surface area contributed by atoms with Gasteiger partial charge in [-0.05, 0) is 11.6 Å². The van der Waals surface area contributed by atoms with E-state index in [1.165, 1.54) is 31.4 Å². The second-order valence-corrected chi connectivity index (χ2v) is 6.82. The Balaban J connectivity index is 2.23. The van der Waals surface area contributed by atoms with Crippen LogP contribution in [0.15, 0.2) is 48.5 Å². The normalized spacial score (nSPS) is 25.6. The first kappa shape index (κ1) is 20.8. The molecule has 1 aliphatic rings. The molecule has 1 fully saturated rings. The van der Waals surface area contributed by atoms with Crippen LogP contribution in [0.25, 0.3) is 0 Å². The summed E-state index contributed by atoms with van der Waals surface area (Å²) in [4.78, 5) is 35.6. The molecular formula is C20H18N4O6. The molecule has 3 rings (SSSR count). The van der Waals surface area contributed by atoms with E-state index in [1.807, 2.05) is 6.07 Å². The Bertz CT molecular complexity index is 1050. The molecule has 30 heavy (non-hydrogen) atoms. The summed E-state index contributed by atoms with van der Waals surface area (Å²) in [6, 6.07) is 13.7. The standard InChI is InChI=1S/C20H18N4O6/c1-30-15-8-7-11(9-14(15)24(28)29)16-13(10-21)20(27,12-5-3-2-4-6-12)23-19(26)17(16)18(22)25/h2-9,13,16-17,27H,1H3,(H2,22,25)(H,23,26)/t13-,16-,17+,20-/m0/s1. The summed E-state index contributed by atoms with van der Waals surface area (Å²) in [6.45, 7) is 0. The molecule has 2 aromatic carbocycles. The van der Waals surface area contributed by atoms with Gasteiger partial charge in [0.05, 0.1) is 18.1 Å². The molecule has 4 atom stereocenters. The number of nitro groups is 1. The van der Waals surface area contributed by atoms with Crippen molar-refractivity contribution in [2.24, 2.45) is 17.6 Å². The van der Waals surface area contributed by atoms with E-state index < -0.39 is 45.9 Å². The predicted molar refractivity (Wildman–Crippen MR) is 103 cm³/mol. The minimum atomic E-state index is -2.14. The molecule has 10 nitrogen and oxygen atoms in total. The Kier molecular flexibility index (Phi) is 5.40. The number of rotatable bonds is 5. The number of piperidine rings is 1. The van der Waals surface area contributed by atoms with E-state index in [0.29, 0.717) is 0 Å². The van der Waals surface area contributed by atoms with E-state index in [0.717, 1.165) is 6.07 Å². The van der Waals surface area contributed by atoms with Gasteiger partial charge < -0.3 is 20.9 Å². The summed E-state index contributed by atoms with van der Waals surface area (Å²) in [5, 5.41) is 35.0. The van der Waals surface area contributed by atoms with Crippen molar-refractivity contribution in [2.75, 3.05) is 7.11 Å². The minimum Gasteiger partial charge on any atom is -0.490 e. The fourth-order valence-corrected chi connectivity index (χ4v) is 3.82. The number of nitrogens with two attached hydrogens (primary N) is 1. The van der Waals surface area contributed by atoms with Gasteiger partial charge in [0.1, 0.15) is 11.8 Å². The van der Waals surface area contributed by atoms with E-state index in [2.05, 4.69) is 5.32 Å². The number of methoxy groups -OCH3 is 1. The van der Waals surface area contributed by atoms with Crippen LogP contribution in [-0.4, -0.2) is 29.0 Å². The van der Waals surface area contributed by atoms with Crippen LogP contribution in [0, 0.1) is 33.3 Å². The topological polar surface area (TPSA) is 169 Å². The van der Waals surface area contributed by atoms with Gasteiger partial charge in [-0.15, -0.1) is 0 Å². The number of nitriles is 1. The van der Waals surface area contributed by atoms with Gasteiger partial charge in [0.15, 0.2) is 11.5 Å². The molecule has 0 saturated carbocycles. The summed E-state index contributed by atoms with van der Waals surface area (Å²) < 4.78 is 4.98. The first-order chi connectivity index (χ1) is 14.2. The number of carbonyl (C=O) groups excluding carboxylic acids is 2. The lowest BCUT2D eigenvalue weighted by Gasteiger charge is -2.44. The fraction of sp³-hybridized carbons (Fsp3) is 0.250. The number of hydrogen-bond acceptors (Lipinski definition) is 7. The van der Waals surface area contributed by atoms with Crippen molar-refractivity contribution in [1.82, 2.24) is 5.32 Å². The molecule has 0 unspecified atom stereocenters. The second kappa shape index (κ2) is 7.81. The largest absolute Gasteiger partial charge is 0.490 e. The third-order valence-electron chi connectivity index (χ3n) is 5.21. The number of hydrogen-bond donors (Lipinski definition) is 3. The molecule has 1 saturated heterocycles. The third-order valence-corrected chi connectivity index (χ3v) is 5.21. The lowest BCUT2D eigenvalue weighted by atomic mass is 9.67. The predicted octanol–water partition coefficient (Wildman–Crippen LogP) is 0.903. The van der Waals surface area contributed by atoms with E-state index in [9.17, 15) is 30.1 Å². The number of benzene rings is 2. The van der Waals surface area contributed by atoms with Crippen molar-refractivity contribution in [3.63, 3.8) is 0 Å². The quantitative estimate of drug-likeness (QED) is 0.374. The van der Waals surface area contributed by atoms with Gasteiger partial charge in [-0.1, -0.05) is 36.4 Å². The van der Waals surface area contributed by atoms with E-state index in [-0.39, 0.29) is 16.9 Å². The molecule has 10 heteroatoms. The Morgan fingerprint density at radius 2 is 2.00 bits per heavy atom. The minimum absolute atomic E-state index is 0.0357. The Labute approximate surface area is 171 Å². The summed E-state index contributed by atoms with van der Waals surface area (Å²) >= 11 is 0. The SMILES string of the molecule is COc1ccc([C@@H]2[C@H](C(N)=O)C(=O)N[C@](O)(c3ccccc3)[C@H]2C#N)cc1[N+](=O)[O-]. The number of nitro benzene ring substituents is 1. The number of primary amides is 1. The molecule has 1 heterocycles. The smallest absolute Gasteiger partial charge is 0.311 e. The maximum Gasteiger partial charge on any atom is 0.311 e. The van der Waals surface area contributed by atoms with Gasteiger partial charge in [0, 0.05) is 17.5 Å². The molecule has 0 bridgehead atoms. The van der Waals surface area contributed by atoms with Gasteiger partial charge in [-0.2, -0.15) is 5.26 Å². The van der Waals surface area contributed by atoms with E-state index >= 15 is 0 Å². The lowest BCUT2D eigenvalue weighted by molar-refractivity contribution is -0.385. The summed E-state index contributed by atoms with van der Waals surface area (Å²) in [6.07, 6.45) is 0. The van der Waals surface area contributed by atoms with Crippen LogP contribution in [0.1, 0.15) is 17.0 Å². The molecule has 2 aromatic rings. The van der Waals surface area contributed by atoms with Crippen molar-refractivity contribution in [1.29, 1.82) is 5.26 Å². The van der Waals surface area contributed by atoms with Crippen LogP contribution in [0.5, 0.6) is 5.75 Å². The zero-order chi connectivity index (χ0) is 22.1. The highest BCUT2D eigenvalue weighted by Crippen LogP contribution is 2.46. The van der Waals surface area contributed by atoms with Gasteiger partial charge in [-0.25, -0.2) is 0 Å². The average molecular weight is 410 g/mol. The van der Waals surface area contributed by atoms with Crippen LogP contribution in [0.3, 0.4) is 0 Å². The zero-order valence-corrected chi connectivity index (χ0v) is 15.8. The van der Waals surface area contributed by atoms with Gasteiger partial charge in [-0.3, -0.25) is 19.7 Å².